The zero-order chi connectivity index (χ0) is 15.2. The van der Waals surface area contributed by atoms with E-state index in [1.807, 2.05) is 24.4 Å². The largest absolute Gasteiger partial charge is 0.369 e. The number of nitrogens with zero attached hydrogens (tertiary/aromatic N) is 3. The lowest BCUT2D eigenvalue weighted by Gasteiger charge is -2.47. The highest BCUT2D eigenvalue weighted by atomic mass is 16.1. The fourth-order valence-corrected chi connectivity index (χ4v) is 3.47. The monoisotopic (exact) mass is 293 g/mol. The highest BCUT2D eigenvalue weighted by Crippen LogP contribution is 2.54. The van der Waals surface area contributed by atoms with E-state index in [4.69, 9.17) is 5.73 Å². The van der Waals surface area contributed by atoms with Gasteiger partial charge in [0, 0.05) is 29.9 Å². The molecule has 6 heteroatoms. The number of H-pyrrole nitrogens is 1. The molecule has 3 N–H and O–H groups in total. The molecule has 1 aliphatic rings. The van der Waals surface area contributed by atoms with E-state index in [1.54, 1.807) is 18.6 Å². The van der Waals surface area contributed by atoms with Crippen molar-refractivity contribution >= 4 is 16.9 Å². The Hall–Kier alpha value is -2.76. The third-order valence-electron chi connectivity index (χ3n) is 4.76. The first kappa shape index (κ1) is 12.9. The molecule has 0 radical (unpaired) electrons. The van der Waals surface area contributed by atoms with Gasteiger partial charge in [-0.05, 0) is 36.1 Å². The van der Waals surface area contributed by atoms with E-state index in [2.05, 4.69) is 20.2 Å². The Bertz CT molecular complexity index is 844. The van der Waals surface area contributed by atoms with Gasteiger partial charge in [-0.2, -0.15) is 5.10 Å². The van der Waals surface area contributed by atoms with Crippen LogP contribution in [0.25, 0.3) is 11.0 Å². The third kappa shape index (κ3) is 1.67. The fraction of sp³-hybridized carbons (Fsp3) is 0.250. The van der Waals surface area contributed by atoms with Crippen LogP contribution in [-0.4, -0.2) is 26.1 Å². The van der Waals surface area contributed by atoms with Gasteiger partial charge in [-0.25, -0.2) is 4.98 Å². The van der Waals surface area contributed by atoms with Gasteiger partial charge in [0.25, 0.3) is 0 Å². The van der Waals surface area contributed by atoms with E-state index >= 15 is 0 Å². The topological polar surface area (TPSA) is 97.6 Å². The Balaban J connectivity index is 1.85. The number of carbonyl (C=O) groups is 1. The molecule has 2 atom stereocenters. The number of fused-ring (bicyclic) bond motifs is 1. The Kier molecular flexibility index (Phi) is 2.72. The molecule has 22 heavy (non-hydrogen) atoms. The summed E-state index contributed by atoms with van der Waals surface area (Å²) in [4.78, 5) is 20.8. The first-order valence-electron chi connectivity index (χ1n) is 7.21. The van der Waals surface area contributed by atoms with E-state index in [0.717, 1.165) is 29.4 Å². The summed E-state index contributed by atoms with van der Waals surface area (Å²) >= 11 is 0. The van der Waals surface area contributed by atoms with Gasteiger partial charge in [-0.3, -0.25) is 14.9 Å². The number of amides is 1. The van der Waals surface area contributed by atoms with Gasteiger partial charge in [-0.1, -0.05) is 6.07 Å². The summed E-state index contributed by atoms with van der Waals surface area (Å²) < 4.78 is 0. The zero-order valence-corrected chi connectivity index (χ0v) is 11.9. The van der Waals surface area contributed by atoms with Crippen LogP contribution in [0.2, 0.25) is 0 Å². The van der Waals surface area contributed by atoms with E-state index in [0.29, 0.717) is 5.65 Å². The summed E-state index contributed by atoms with van der Waals surface area (Å²) in [7, 11) is 0. The lowest BCUT2D eigenvalue weighted by molar-refractivity contribution is -0.127. The first-order chi connectivity index (χ1) is 10.7. The molecule has 4 rings (SSSR count). The highest BCUT2D eigenvalue weighted by Gasteiger charge is 2.53. The molecular weight excluding hydrogens is 278 g/mol. The molecule has 1 amide bonds. The second-order valence-electron chi connectivity index (χ2n) is 5.75. The quantitative estimate of drug-likeness (QED) is 0.767. The van der Waals surface area contributed by atoms with Crippen molar-refractivity contribution in [2.24, 2.45) is 5.73 Å². The van der Waals surface area contributed by atoms with Crippen LogP contribution in [0.5, 0.6) is 0 Å². The molecule has 0 aliphatic heterocycles. The smallest absolute Gasteiger partial charge is 0.228 e. The maximum absolute atomic E-state index is 12.3. The summed E-state index contributed by atoms with van der Waals surface area (Å²) in [5.41, 5.74) is 7.70. The van der Waals surface area contributed by atoms with Crippen LogP contribution in [0.1, 0.15) is 29.9 Å². The maximum atomic E-state index is 12.3. The van der Waals surface area contributed by atoms with Gasteiger partial charge in [0.15, 0.2) is 5.65 Å². The minimum Gasteiger partial charge on any atom is -0.369 e. The van der Waals surface area contributed by atoms with Crippen LogP contribution in [0.3, 0.4) is 0 Å². The van der Waals surface area contributed by atoms with Crippen molar-refractivity contribution in [1.29, 1.82) is 0 Å². The molecule has 6 nitrogen and oxygen atoms in total. The second kappa shape index (κ2) is 4.62. The molecular formula is C16H15N5O. The summed E-state index contributed by atoms with van der Waals surface area (Å²) in [6.07, 6.45) is 8.62. The Labute approximate surface area is 126 Å². The molecule has 0 bridgehead atoms. The Morgan fingerprint density at radius 2 is 2.27 bits per heavy atom. The molecule has 3 aromatic rings. The molecule has 1 fully saturated rings. The van der Waals surface area contributed by atoms with Crippen molar-refractivity contribution in [3.63, 3.8) is 0 Å². The van der Waals surface area contributed by atoms with Crippen molar-refractivity contribution in [3.8, 4) is 0 Å². The van der Waals surface area contributed by atoms with Crippen molar-refractivity contribution in [1.82, 2.24) is 20.2 Å². The van der Waals surface area contributed by atoms with Crippen molar-refractivity contribution in [3.05, 3.63) is 54.1 Å². The third-order valence-corrected chi connectivity index (χ3v) is 4.76. The Morgan fingerprint density at radius 3 is 2.95 bits per heavy atom. The zero-order valence-electron chi connectivity index (χ0n) is 11.9. The molecule has 3 aromatic heterocycles. The SMILES string of the molecule is NC(=O)C1(c2cnc3[nH]ncc3c2)CCC1c1cccnc1. The standard InChI is InChI=1S/C16H15N5O/c17-15(22)16(4-3-13(16)10-2-1-5-18-7-10)12-6-11-8-20-21-14(11)19-9-12/h1-2,5-9,13H,3-4H2,(H2,17,22)(H,19,20,21). The number of primary amides is 1. The molecule has 110 valence electrons. The summed E-state index contributed by atoms with van der Waals surface area (Å²) in [6, 6.07) is 5.84. The first-order valence-corrected chi connectivity index (χ1v) is 7.21. The number of hydrogen-bond acceptors (Lipinski definition) is 4. The van der Waals surface area contributed by atoms with Gasteiger partial charge in [0.1, 0.15) is 0 Å². The van der Waals surface area contributed by atoms with E-state index in [9.17, 15) is 4.79 Å². The van der Waals surface area contributed by atoms with E-state index < -0.39 is 5.41 Å². The van der Waals surface area contributed by atoms with E-state index in [-0.39, 0.29) is 11.8 Å². The number of pyridine rings is 2. The summed E-state index contributed by atoms with van der Waals surface area (Å²) in [5, 5.41) is 7.68. The minimum absolute atomic E-state index is 0.0462. The van der Waals surface area contributed by atoms with Crippen molar-refractivity contribution < 1.29 is 4.79 Å². The maximum Gasteiger partial charge on any atom is 0.228 e. The van der Waals surface area contributed by atoms with Crippen molar-refractivity contribution in [2.45, 2.75) is 24.2 Å². The predicted octanol–water partition coefficient (Wildman–Crippen LogP) is 1.65. The van der Waals surface area contributed by atoms with Crippen LogP contribution in [0, 0.1) is 0 Å². The van der Waals surface area contributed by atoms with E-state index in [1.165, 1.54) is 0 Å². The molecule has 1 aliphatic carbocycles. The summed E-state index contributed by atoms with van der Waals surface area (Å²) in [6.45, 7) is 0. The average Bonchev–Trinajstić information content (AvgIpc) is 2.95. The number of aromatic nitrogens is 4. The van der Waals surface area contributed by atoms with Crippen molar-refractivity contribution in [2.75, 3.05) is 0 Å². The number of aromatic amines is 1. The van der Waals surface area contributed by atoms with Gasteiger partial charge in [0.05, 0.1) is 11.6 Å². The minimum atomic E-state index is -0.707. The fourth-order valence-electron chi connectivity index (χ4n) is 3.47. The van der Waals surface area contributed by atoms with Gasteiger partial charge >= 0.3 is 0 Å². The Morgan fingerprint density at radius 1 is 1.36 bits per heavy atom. The molecule has 0 aromatic carbocycles. The molecule has 0 spiro atoms. The lowest BCUT2D eigenvalue weighted by Crippen LogP contribution is -2.52. The number of carbonyl (C=O) groups excluding carboxylic acids is 1. The highest BCUT2D eigenvalue weighted by molar-refractivity contribution is 5.90. The molecule has 2 unspecified atom stereocenters. The number of nitrogens with one attached hydrogen (secondary N) is 1. The number of hydrogen-bond donors (Lipinski definition) is 2. The van der Waals surface area contributed by atoms with Gasteiger partial charge < -0.3 is 5.73 Å². The number of rotatable bonds is 3. The van der Waals surface area contributed by atoms with Gasteiger partial charge in [-0.15, -0.1) is 0 Å². The van der Waals surface area contributed by atoms with Crippen LogP contribution >= 0.6 is 0 Å². The molecule has 0 saturated heterocycles. The van der Waals surface area contributed by atoms with Crippen LogP contribution in [-0.2, 0) is 10.2 Å². The number of nitrogens with two attached hydrogens (primary N) is 1. The lowest BCUT2D eigenvalue weighted by atomic mass is 9.54. The predicted molar refractivity (Wildman–Crippen MR) is 81.0 cm³/mol. The van der Waals surface area contributed by atoms with Gasteiger partial charge in [0.2, 0.25) is 5.91 Å². The van der Waals surface area contributed by atoms with Crippen LogP contribution in [0.4, 0.5) is 0 Å². The van der Waals surface area contributed by atoms with Crippen LogP contribution < -0.4 is 5.73 Å². The summed E-state index contributed by atoms with van der Waals surface area (Å²) in [5.74, 6) is -0.262. The second-order valence-corrected chi connectivity index (χ2v) is 5.75. The average molecular weight is 293 g/mol. The molecule has 1 saturated carbocycles. The molecule has 3 heterocycles. The van der Waals surface area contributed by atoms with Crippen LogP contribution in [0.15, 0.2) is 43.0 Å². The normalized spacial score (nSPS) is 24.1.